The molecule has 0 aromatic heterocycles. The minimum atomic E-state index is -1.39. The molecule has 0 aromatic rings. The van der Waals surface area contributed by atoms with Crippen LogP contribution < -0.4 is 0 Å². The number of carbonyl (C=O) groups excluding carboxylic acids is 3. The van der Waals surface area contributed by atoms with Crippen LogP contribution in [0.5, 0.6) is 0 Å². The number of rotatable bonds is 4. The van der Waals surface area contributed by atoms with Crippen LogP contribution in [-0.2, 0) is 23.9 Å². The molecule has 0 heterocycles. The quantitative estimate of drug-likeness (QED) is 0.469. The number of carbonyl (C=O) groups is 3. The summed E-state index contributed by atoms with van der Waals surface area (Å²) < 4.78 is 8.75. The van der Waals surface area contributed by atoms with E-state index >= 15 is 0 Å². The first-order chi connectivity index (χ1) is 6.61. The van der Waals surface area contributed by atoms with Gasteiger partial charge in [0.2, 0.25) is 5.92 Å². The predicted molar refractivity (Wildman–Crippen MR) is 45.3 cm³/mol. The summed E-state index contributed by atoms with van der Waals surface area (Å²) in [6.07, 6.45) is 1.48. The van der Waals surface area contributed by atoms with Crippen molar-refractivity contribution < 1.29 is 23.9 Å². The summed E-state index contributed by atoms with van der Waals surface area (Å²) in [6, 6.07) is 0. The van der Waals surface area contributed by atoms with Gasteiger partial charge in [0.25, 0.3) is 0 Å². The Hall–Kier alpha value is -1.39. The average Bonchev–Trinajstić information content (AvgIpc) is 3.00. The number of ketones is 1. The third-order valence-electron chi connectivity index (χ3n) is 2.14. The van der Waals surface area contributed by atoms with Gasteiger partial charge in [-0.25, -0.2) is 0 Å². The second-order valence-corrected chi connectivity index (χ2v) is 3.16. The number of esters is 2. The van der Waals surface area contributed by atoms with Crippen molar-refractivity contribution in [1.29, 1.82) is 0 Å². The highest BCUT2D eigenvalue weighted by atomic mass is 16.5. The molecule has 1 aliphatic rings. The van der Waals surface area contributed by atoms with Crippen LogP contribution in [-0.4, -0.2) is 31.9 Å². The van der Waals surface area contributed by atoms with E-state index < -0.39 is 17.9 Å². The van der Waals surface area contributed by atoms with Crippen molar-refractivity contribution in [1.82, 2.24) is 0 Å². The van der Waals surface area contributed by atoms with Gasteiger partial charge < -0.3 is 9.47 Å². The fourth-order valence-electron chi connectivity index (χ4n) is 1.17. The first-order valence-corrected chi connectivity index (χ1v) is 4.31. The van der Waals surface area contributed by atoms with E-state index in [2.05, 4.69) is 9.47 Å². The van der Waals surface area contributed by atoms with Gasteiger partial charge in [0.1, 0.15) is 0 Å². The van der Waals surface area contributed by atoms with Crippen LogP contribution >= 0.6 is 0 Å². The molecule has 0 amide bonds. The number of ether oxygens (including phenoxy) is 2. The molecule has 0 aliphatic heterocycles. The molecule has 0 atom stereocenters. The number of hydrogen-bond acceptors (Lipinski definition) is 5. The lowest BCUT2D eigenvalue weighted by molar-refractivity contribution is -0.161. The van der Waals surface area contributed by atoms with Gasteiger partial charge in [-0.05, 0) is 12.8 Å². The van der Waals surface area contributed by atoms with Crippen LogP contribution in [0.2, 0.25) is 0 Å². The van der Waals surface area contributed by atoms with Gasteiger partial charge in [0, 0.05) is 5.92 Å². The average molecular weight is 200 g/mol. The van der Waals surface area contributed by atoms with E-state index in [1.54, 1.807) is 0 Å². The van der Waals surface area contributed by atoms with Gasteiger partial charge in [-0.15, -0.1) is 0 Å². The molecular formula is C9H12O5. The molecule has 1 saturated carbocycles. The minimum Gasteiger partial charge on any atom is -0.468 e. The highest BCUT2D eigenvalue weighted by molar-refractivity contribution is 6.16. The fourth-order valence-corrected chi connectivity index (χ4v) is 1.17. The fraction of sp³-hybridized carbons (Fsp3) is 0.667. The van der Waals surface area contributed by atoms with Crippen molar-refractivity contribution in [2.45, 2.75) is 12.8 Å². The summed E-state index contributed by atoms with van der Waals surface area (Å²) in [5.74, 6) is -3.62. The Labute approximate surface area is 81.4 Å². The van der Waals surface area contributed by atoms with Crippen LogP contribution in [0.1, 0.15) is 12.8 Å². The molecule has 14 heavy (non-hydrogen) atoms. The standard InChI is InChI=1S/C9H12O5/c1-13-8(11)6(9(12)14-2)7(10)5-3-4-5/h5-6H,3-4H2,1-2H3. The lowest BCUT2D eigenvalue weighted by Crippen LogP contribution is -2.34. The zero-order valence-corrected chi connectivity index (χ0v) is 8.11. The van der Waals surface area contributed by atoms with Crippen LogP contribution in [0.15, 0.2) is 0 Å². The first kappa shape index (κ1) is 10.7. The van der Waals surface area contributed by atoms with E-state index in [1.807, 2.05) is 0 Å². The van der Waals surface area contributed by atoms with Crippen molar-refractivity contribution in [3.63, 3.8) is 0 Å². The Morgan fingerprint density at radius 2 is 1.50 bits per heavy atom. The molecule has 0 spiro atoms. The Bertz CT molecular complexity index is 250. The van der Waals surface area contributed by atoms with Crippen molar-refractivity contribution in [2.75, 3.05) is 14.2 Å². The molecule has 0 bridgehead atoms. The lowest BCUT2D eigenvalue weighted by Gasteiger charge is -2.10. The van der Waals surface area contributed by atoms with Crippen LogP contribution in [0.25, 0.3) is 0 Å². The van der Waals surface area contributed by atoms with Crippen molar-refractivity contribution in [2.24, 2.45) is 11.8 Å². The second-order valence-electron chi connectivity index (χ2n) is 3.16. The molecule has 1 aliphatic carbocycles. The topological polar surface area (TPSA) is 69.7 Å². The Morgan fingerprint density at radius 1 is 1.07 bits per heavy atom. The van der Waals surface area contributed by atoms with Crippen molar-refractivity contribution >= 4 is 17.7 Å². The lowest BCUT2D eigenvalue weighted by atomic mass is 10.0. The smallest absolute Gasteiger partial charge is 0.327 e. The monoisotopic (exact) mass is 200 g/mol. The van der Waals surface area contributed by atoms with Crippen LogP contribution in [0, 0.1) is 11.8 Å². The third-order valence-corrected chi connectivity index (χ3v) is 2.14. The molecule has 78 valence electrons. The van der Waals surface area contributed by atoms with E-state index in [0.29, 0.717) is 0 Å². The molecule has 0 unspecified atom stereocenters. The maximum Gasteiger partial charge on any atom is 0.327 e. The molecule has 0 N–H and O–H groups in total. The SMILES string of the molecule is COC(=O)C(C(=O)OC)C(=O)C1CC1. The summed E-state index contributed by atoms with van der Waals surface area (Å²) in [5.41, 5.74) is 0. The maximum absolute atomic E-state index is 11.5. The molecule has 0 radical (unpaired) electrons. The van der Waals surface area contributed by atoms with Gasteiger partial charge in [-0.3, -0.25) is 14.4 Å². The van der Waals surface area contributed by atoms with Gasteiger partial charge in [-0.1, -0.05) is 0 Å². The van der Waals surface area contributed by atoms with Gasteiger partial charge in [0.15, 0.2) is 5.78 Å². The Balaban J connectivity index is 2.74. The van der Waals surface area contributed by atoms with Crippen LogP contribution in [0.4, 0.5) is 0 Å². The van der Waals surface area contributed by atoms with E-state index in [0.717, 1.165) is 27.1 Å². The van der Waals surface area contributed by atoms with Crippen molar-refractivity contribution in [3.8, 4) is 0 Å². The van der Waals surface area contributed by atoms with Crippen LogP contribution in [0.3, 0.4) is 0 Å². The summed E-state index contributed by atoms with van der Waals surface area (Å²) in [6.45, 7) is 0. The second kappa shape index (κ2) is 4.21. The van der Waals surface area contributed by atoms with Gasteiger partial charge >= 0.3 is 11.9 Å². The van der Waals surface area contributed by atoms with Crippen molar-refractivity contribution in [3.05, 3.63) is 0 Å². The molecule has 5 nitrogen and oxygen atoms in total. The molecular weight excluding hydrogens is 188 g/mol. The van der Waals surface area contributed by atoms with E-state index in [9.17, 15) is 14.4 Å². The maximum atomic E-state index is 11.5. The largest absolute Gasteiger partial charge is 0.468 e. The minimum absolute atomic E-state index is 0.168. The van der Waals surface area contributed by atoms with E-state index in [1.165, 1.54) is 0 Å². The zero-order chi connectivity index (χ0) is 10.7. The summed E-state index contributed by atoms with van der Waals surface area (Å²) in [5, 5.41) is 0. The zero-order valence-electron chi connectivity index (χ0n) is 8.11. The third kappa shape index (κ3) is 2.10. The summed E-state index contributed by atoms with van der Waals surface area (Å²) >= 11 is 0. The first-order valence-electron chi connectivity index (χ1n) is 4.31. The number of Topliss-reactive ketones (excluding diaryl/α,β-unsaturated/α-hetero) is 1. The van der Waals surface area contributed by atoms with Gasteiger partial charge in [0.05, 0.1) is 14.2 Å². The normalized spacial score (nSPS) is 15.1. The highest BCUT2D eigenvalue weighted by Gasteiger charge is 2.43. The van der Waals surface area contributed by atoms with Gasteiger partial charge in [-0.2, -0.15) is 0 Å². The van der Waals surface area contributed by atoms with E-state index in [4.69, 9.17) is 0 Å². The molecule has 0 saturated heterocycles. The molecule has 5 heteroatoms. The number of hydrogen-bond donors (Lipinski definition) is 0. The van der Waals surface area contributed by atoms with E-state index in [-0.39, 0.29) is 11.7 Å². The molecule has 1 rings (SSSR count). The molecule has 0 aromatic carbocycles. The Kier molecular flexibility index (Phi) is 3.22. The summed E-state index contributed by atoms with van der Waals surface area (Å²) in [4.78, 5) is 33.8. The molecule has 1 fully saturated rings. The summed E-state index contributed by atoms with van der Waals surface area (Å²) in [7, 11) is 2.27. The Morgan fingerprint density at radius 3 is 1.79 bits per heavy atom. The number of methoxy groups -OCH3 is 2. The highest BCUT2D eigenvalue weighted by Crippen LogP contribution is 2.33. The predicted octanol–water partition coefficient (Wildman–Crippen LogP) is -0.0723.